The van der Waals surface area contributed by atoms with Crippen molar-refractivity contribution in [2.24, 2.45) is 5.92 Å². The van der Waals surface area contributed by atoms with Gasteiger partial charge in [-0.3, -0.25) is 4.79 Å². The topological polar surface area (TPSA) is 35.5 Å². The number of hydrogen-bond acceptors (Lipinski definition) is 3. The molecule has 0 aliphatic carbocycles. The van der Waals surface area contributed by atoms with Crippen LogP contribution in [0.15, 0.2) is 0 Å². The lowest BCUT2D eigenvalue weighted by atomic mass is 9.98. The zero-order valence-corrected chi connectivity index (χ0v) is 8.41. The third kappa shape index (κ3) is 3.87. The van der Waals surface area contributed by atoms with E-state index in [0.717, 1.165) is 19.4 Å². The summed E-state index contributed by atoms with van der Waals surface area (Å²) in [7, 11) is 0. The number of carbonyl (C=O) groups excluding carboxylic acids is 1. The summed E-state index contributed by atoms with van der Waals surface area (Å²) in [6, 6.07) is 0. The Labute approximate surface area is 79.4 Å². The minimum atomic E-state index is 0.0764. The van der Waals surface area contributed by atoms with Crippen LogP contribution in [0, 0.1) is 5.92 Å². The highest BCUT2D eigenvalue weighted by molar-refractivity contribution is 5.82. The maximum Gasteiger partial charge on any atom is 0.163 e. The second-order valence-corrected chi connectivity index (χ2v) is 3.74. The van der Waals surface area contributed by atoms with Crippen LogP contribution >= 0.6 is 0 Å². The van der Waals surface area contributed by atoms with E-state index in [0.29, 0.717) is 6.61 Å². The number of ketones is 1. The standard InChI is InChI=1S/C10H18O3/c1-8(2)13-7-10(11)9-4-3-5-12-6-9/h8-9H,3-7H2,1-2H3. The van der Waals surface area contributed by atoms with Gasteiger partial charge in [-0.2, -0.15) is 0 Å². The lowest BCUT2D eigenvalue weighted by Gasteiger charge is -2.21. The van der Waals surface area contributed by atoms with E-state index in [1.54, 1.807) is 0 Å². The molecule has 0 aromatic heterocycles. The molecular formula is C10H18O3. The molecule has 0 spiro atoms. The number of carbonyl (C=O) groups is 1. The highest BCUT2D eigenvalue weighted by Gasteiger charge is 2.21. The smallest absolute Gasteiger partial charge is 0.163 e. The van der Waals surface area contributed by atoms with Gasteiger partial charge in [0.25, 0.3) is 0 Å². The van der Waals surface area contributed by atoms with Gasteiger partial charge in [-0.05, 0) is 26.7 Å². The van der Waals surface area contributed by atoms with Crippen LogP contribution in [0.25, 0.3) is 0 Å². The molecule has 3 nitrogen and oxygen atoms in total. The Hall–Kier alpha value is -0.410. The van der Waals surface area contributed by atoms with Crippen LogP contribution in [-0.2, 0) is 14.3 Å². The van der Waals surface area contributed by atoms with Crippen molar-refractivity contribution < 1.29 is 14.3 Å². The molecular weight excluding hydrogens is 168 g/mol. The minimum absolute atomic E-state index is 0.0764. The lowest BCUT2D eigenvalue weighted by molar-refractivity contribution is -0.132. The maximum atomic E-state index is 11.5. The van der Waals surface area contributed by atoms with Gasteiger partial charge in [0.15, 0.2) is 5.78 Å². The summed E-state index contributed by atoms with van der Waals surface area (Å²) in [6.07, 6.45) is 2.09. The van der Waals surface area contributed by atoms with Crippen molar-refractivity contribution in [1.82, 2.24) is 0 Å². The molecule has 13 heavy (non-hydrogen) atoms. The van der Waals surface area contributed by atoms with Crippen LogP contribution in [0.3, 0.4) is 0 Å². The van der Waals surface area contributed by atoms with Crippen LogP contribution in [0.1, 0.15) is 26.7 Å². The fourth-order valence-corrected chi connectivity index (χ4v) is 1.36. The molecule has 0 aromatic rings. The Morgan fingerprint density at radius 2 is 2.38 bits per heavy atom. The van der Waals surface area contributed by atoms with Gasteiger partial charge in [0.1, 0.15) is 6.61 Å². The quantitative estimate of drug-likeness (QED) is 0.666. The van der Waals surface area contributed by atoms with E-state index in [4.69, 9.17) is 9.47 Å². The maximum absolute atomic E-state index is 11.5. The first-order chi connectivity index (χ1) is 6.20. The molecule has 1 atom stereocenters. The van der Waals surface area contributed by atoms with E-state index in [1.807, 2.05) is 13.8 Å². The van der Waals surface area contributed by atoms with Crippen molar-refractivity contribution in [2.75, 3.05) is 19.8 Å². The Balaban J connectivity index is 2.21. The molecule has 1 aliphatic rings. The number of hydrogen-bond donors (Lipinski definition) is 0. The van der Waals surface area contributed by atoms with Crippen molar-refractivity contribution >= 4 is 5.78 Å². The summed E-state index contributed by atoms with van der Waals surface area (Å²) in [4.78, 5) is 11.5. The molecule has 0 radical (unpaired) electrons. The number of ether oxygens (including phenoxy) is 2. The fraction of sp³-hybridized carbons (Fsp3) is 0.900. The van der Waals surface area contributed by atoms with Crippen molar-refractivity contribution in [1.29, 1.82) is 0 Å². The summed E-state index contributed by atoms with van der Waals surface area (Å²) in [6.45, 7) is 5.50. The van der Waals surface area contributed by atoms with Gasteiger partial charge in [-0.25, -0.2) is 0 Å². The zero-order valence-electron chi connectivity index (χ0n) is 8.41. The summed E-state index contributed by atoms with van der Waals surface area (Å²) < 4.78 is 10.5. The van der Waals surface area contributed by atoms with Crippen LogP contribution < -0.4 is 0 Å². The predicted molar refractivity (Wildman–Crippen MR) is 49.6 cm³/mol. The number of Topliss-reactive ketones (excluding diaryl/α,β-unsaturated/α-hetero) is 1. The highest BCUT2D eigenvalue weighted by Crippen LogP contribution is 2.14. The molecule has 76 valence electrons. The van der Waals surface area contributed by atoms with E-state index in [9.17, 15) is 4.79 Å². The first kappa shape index (κ1) is 10.7. The first-order valence-electron chi connectivity index (χ1n) is 4.92. The summed E-state index contributed by atoms with van der Waals surface area (Å²) in [5.74, 6) is 0.265. The van der Waals surface area contributed by atoms with Gasteiger partial charge in [-0.1, -0.05) is 0 Å². The average molecular weight is 186 g/mol. The summed E-state index contributed by atoms with van der Waals surface area (Å²) in [5.41, 5.74) is 0. The Kier molecular flexibility index (Phi) is 4.39. The van der Waals surface area contributed by atoms with E-state index in [1.165, 1.54) is 0 Å². The first-order valence-corrected chi connectivity index (χ1v) is 4.92. The van der Waals surface area contributed by atoms with Gasteiger partial charge in [0.2, 0.25) is 0 Å². The van der Waals surface area contributed by atoms with E-state index in [-0.39, 0.29) is 24.4 Å². The molecule has 1 heterocycles. The number of rotatable bonds is 4. The Morgan fingerprint density at radius 1 is 1.62 bits per heavy atom. The van der Waals surface area contributed by atoms with Crippen molar-refractivity contribution in [2.45, 2.75) is 32.8 Å². The van der Waals surface area contributed by atoms with Gasteiger partial charge in [-0.15, -0.1) is 0 Å². The van der Waals surface area contributed by atoms with Crippen LogP contribution in [0.5, 0.6) is 0 Å². The zero-order chi connectivity index (χ0) is 9.68. The molecule has 1 fully saturated rings. The molecule has 0 saturated carbocycles. The molecule has 0 N–H and O–H groups in total. The van der Waals surface area contributed by atoms with Crippen molar-refractivity contribution in [3.63, 3.8) is 0 Å². The normalized spacial score (nSPS) is 23.5. The SMILES string of the molecule is CC(C)OCC(=O)C1CCCOC1. The van der Waals surface area contributed by atoms with Gasteiger partial charge >= 0.3 is 0 Å². The molecule has 0 aromatic carbocycles. The van der Waals surface area contributed by atoms with E-state index < -0.39 is 0 Å². The van der Waals surface area contributed by atoms with Crippen molar-refractivity contribution in [3.05, 3.63) is 0 Å². The largest absolute Gasteiger partial charge is 0.381 e. The molecule has 1 aliphatic heterocycles. The predicted octanol–water partition coefficient (Wildman–Crippen LogP) is 1.41. The summed E-state index contributed by atoms with van der Waals surface area (Å²) >= 11 is 0. The Morgan fingerprint density at radius 3 is 2.92 bits per heavy atom. The lowest BCUT2D eigenvalue weighted by Crippen LogP contribution is -2.29. The van der Waals surface area contributed by atoms with Crippen LogP contribution in [0.4, 0.5) is 0 Å². The highest BCUT2D eigenvalue weighted by atomic mass is 16.5. The van der Waals surface area contributed by atoms with Crippen LogP contribution in [-0.4, -0.2) is 31.7 Å². The summed E-state index contributed by atoms with van der Waals surface area (Å²) in [5, 5.41) is 0. The minimum Gasteiger partial charge on any atom is -0.381 e. The van der Waals surface area contributed by atoms with E-state index in [2.05, 4.69) is 0 Å². The van der Waals surface area contributed by atoms with E-state index >= 15 is 0 Å². The third-order valence-electron chi connectivity index (χ3n) is 2.17. The Bertz CT molecular complexity index is 160. The third-order valence-corrected chi connectivity index (χ3v) is 2.17. The second kappa shape index (κ2) is 5.35. The molecule has 3 heteroatoms. The molecule has 0 amide bonds. The molecule has 0 bridgehead atoms. The average Bonchev–Trinajstić information content (AvgIpc) is 2.15. The van der Waals surface area contributed by atoms with Crippen LogP contribution in [0.2, 0.25) is 0 Å². The van der Waals surface area contributed by atoms with Gasteiger partial charge < -0.3 is 9.47 Å². The monoisotopic (exact) mass is 186 g/mol. The molecule has 1 saturated heterocycles. The molecule has 1 rings (SSSR count). The van der Waals surface area contributed by atoms with Gasteiger partial charge in [0, 0.05) is 12.5 Å². The van der Waals surface area contributed by atoms with Crippen molar-refractivity contribution in [3.8, 4) is 0 Å². The van der Waals surface area contributed by atoms with Gasteiger partial charge in [0.05, 0.1) is 12.7 Å². The molecule has 1 unspecified atom stereocenters. The second-order valence-electron chi connectivity index (χ2n) is 3.74. The fourth-order valence-electron chi connectivity index (χ4n) is 1.36.